The number of rotatable bonds is 4. The molecule has 2 rings (SSSR count). The topological polar surface area (TPSA) is 81.6 Å². The molecule has 5 nitrogen and oxygen atoms in total. The Morgan fingerprint density at radius 2 is 2.24 bits per heavy atom. The van der Waals surface area contributed by atoms with E-state index in [1.165, 1.54) is 0 Å². The smallest absolute Gasteiger partial charge is 0.228 e. The van der Waals surface area contributed by atoms with Crippen molar-refractivity contribution < 1.29 is 15.0 Å². The molecular weight excluding hydrogens is 220 g/mol. The number of aliphatic hydroxyl groups is 2. The van der Waals surface area contributed by atoms with Gasteiger partial charge in [0.15, 0.2) is 0 Å². The van der Waals surface area contributed by atoms with Gasteiger partial charge in [0.05, 0.1) is 12.5 Å². The van der Waals surface area contributed by atoms with Crippen molar-refractivity contribution in [1.29, 1.82) is 0 Å². The summed E-state index contributed by atoms with van der Waals surface area (Å²) in [5, 5.41) is 25.1. The minimum Gasteiger partial charge on any atom is -0.389 e. The van der Waals surface area contributed by atoms with Gasteiger partial charge >= 0.3 is 0 Å². The fraction of sp³-hybridized carbons (Fsp3) is 0.417. The summed E-state index contributed by atoms with van der Waals surface area (Å²) in [7, 11) is 1.71. The van der Waals surface area contributed by atoms with E-state index >= 15 is 0 Å². The van der Waals surface area contributed by atoms with Crippen molar-refractivity contribution in [3.05, 3.63) is 29.3 Å². The standard InChI is InChI=1S/C12H16N2O3/c1-13-6-10(15)12(17)7-2-3-9-8(4-7)5-11(16)14-9/h2-4,10,12-13,15,17H,5-6H2,1H3,(H,14,16). The van der Waals surface area contributed by atoms with Crippen LogP contribution >= 0.6 is 0 Å². The van der Waals surface area contributed by atoms with Gasteiger partial charge in [0.1, 0.15) is 6.10 Å². The molecule has 2 atom stereocenters. The summed E-state index contributed by atoms with van der Waals surface area (Å²) in [5.74, 6) is -0.0394. The lowest BCUT2D eigenvalue weighted by Gasteiger charge is -2.18. The number of aliphatic hydroxyl groups excluding tert-OH is 2. The lowest BCUT2D eigenvalue weighted by Crippen LogP contribution is -2.29. The van der Waals surface area contributed by atoms with E-state index in [-0.39, 0.29) is 5.91 Å². The van der Waals surface area contributed by atoms with E-state index in [1.54, 1.807) is 25.2 Å². The van der Waals surface area contributed by atoms with E-state index in [9.17, 15) is 15.0 Å². The molecule has 1 amide bonds. The number of nitrogens with one attached hydrogen (secondary N) is 2. The van der Waals surface area contributed by atoms with Gasteiger partial charge in [-0.25, -0.2) is 0 Å². The molecule has 0 saturated carbocycles. The highest BCUT2D eigenvalue weighted by molar-refractivity contribution is 5.99. The van der Waals surface area contributed by atoms with Gasteiger partial charge in [0, 0.05) is 12.2 Å². The van der Waals surface area contributed by atoms with E-state index in [0.717, 1.165) is 11.3 Å². The van der Waals surface area contributed by atoms with Crippen LogP contribution < -0.4 is 10.6 Å². The van der Waals surface area contributed by atoms with E-state index in [1.807, 2.05) is 0 Å². The molecule has 92 valence electrons. The third-order valence-corrected chi connectivity index (χ3v) is 2.87. The Hall–Kier alpha value is -1.43. The summed E-state index contributed by atoms with van der Waals surface area (Å²) < 4.78 is 0. The molecule has 1 heterocycles. The number of carbonyl (C=O) groups excluding carboxylic acids is 1. The van der Waals surface area contributed by atoms with E-state index < -0.39 is 12.2 Å². The minimum atomic E-state index is -0.941. The van der Waals surface area contributed by atoms with Crippen LogP contribution in [-0.2, 0) is 11.2 Å². The van der Waals surface area contributed by atoms with Crippen molar-refractivity contribution in [2.45, 2.75) is 18.6 Å². The largest absolute Gasteiger partial charge is 0.389 e. The van der Waals surface area contributed by atoms with Crippen LogP contribution in [-0.4, -0.2) is 35.8 Å². The van der Waals surface area contributed by atoms with Crippen LogP contribution in [0, 0.1) is 0 Å². The van der Waals surface area contributed by atoms with Crippen molar-refractivity contribution in [3.8, 4) is 0 Å². The number of benzene rings is 1. The predicted molar refractivity (Wildman–Crippen MR) is 63.7 cm³/mol. The molecule has 17 heavy (non-hydrogen) atoms. The Balaban J connectivity index is 2.18. The van der Waals surface area contributed by atoms with Gasteiger partial charge in [-0.05, 0) is 24.2 Å². The molecule has 1 aliphatic rings. The minimum absolute atomic E-state index is 0.0394. The van der Waals surface area contributed by atoms with Crippen LogP contribution in [0.4, 0.5) is 5.69 Å². The average Bonchev–Trinajstić information content (AvgIpc) is 2.67. The zero-order valence-electron chi connectivity index (χ0n) is 9.60. The van der Waals surface area contributed by atoms with E-state index in [0.29, 0.717) is 18.5 Å². The van der Waals surface area contributed by atoms with Crippen molar-refractivity contribution in [2.75, 3.05) is 18.9 Å². The van der Waals surface area contributed by atoms with Gasteiger partial charge in [-0.2, -0.15) is 0 Å². The van der Waals surface area contributed by atoms with Crippen molar-refractivity contribution in [2.24, 2.45) is 0 Å². The van der Waals surface area contributed by atoms with Gasteiger partial charge in [-0.3, -0.25) is 4.79 Å². The molecule has 0 aliphatic carbocycles. The summed E-state index contributed by atoms with van der Waals surface area (Å²) in [4.78, 5) is 11.2. The molecule has 0 spiro atoms. The highest BCUT2D eigenvalue weighted by Gasteiger charge is 2.22. The molecule has 4 N–H and O–H groups in total. The van der Waals surface area contributed by atoms with Crippen LogP contribution in [0.1, 0.15) is 17.2 Å². The fourth-order valence-electron chi connectivity index (χ4n) is 1.98. The second kappa shape index (κ2) is 4.83. The molecule has 2 unspecified atom stereocenters. The second-order valence-electron chi connectivity index (χ2n) is 4.21. The summed E-state index contributed by atoms with van der Waals surface area (Å²) in [5.41, 5.74) is 2.28. The number of carbonyl (C=O) groups is 1. The molecule has 5 heteroatoms. The number of hydrogen-bond donors (Lipinski definition) is 4. The lowest BCUT2D eigenvalue weighted by molar-refractivity contribution is -0.115. The zero-order chi connectivity index (χ0) is 12.4. The number of likely N-dealkylation sites (N-methyl/N-ethyl adjacent to an activating group) is 1. The molecule has 0 fully saturated rings. The summed E-state index contributed by atoms with van der Waals surface area (Å²) in [6, 6.07) is 5.23. The van der Waals surface area contributed by atoms with Crippen molar-refractivity contribution in [3.63, 3.8) is 0 Å². The first-order chi connectivity index (χ1) is 8.11. The third kappa shape index (κ3) is 2.46. The fourth-order valence-corrected chi connectivity index (χ4v) is 1.98. The molecule has 1 aliphatic heterocycles. The first-order valence-corrected chi connectivity index (χ1v) is 5.55. The summed E-state index contributed by atoms with van der Waals surface area (Å²) in [6.07, 6.45) is -1.47. The SMILES string of the molecule is CNCC(O)C(O)c1ccc2c(c1)CC(=O)N2. The molecular formula is C12H16N2O3. The Morgan fingerprint density at radius 3 is 2.94 bits per heavy atom. The highest BCUT2D eigenvalue weighted by atomic mass is 16.3. The quantitative estimate of drug-likeness (QED) is 0.583. The highest BCUT2D eigenvalue weighted by Crippen LogP contribution is 2.27. The van der Waals surface area contributed by atoms with E-state index in [2.05, 4.69) is 10.6 Å². The van der Waals surface area contributed by atoms with Gasteiger partial charge in [0.25, 0.3) is 0 Å². The monoisotopic (exact) mass is 236 g/mol. The summed E-state index contributed by atoms with van der Waals surface area (Å²) >= 11 is 0. The lowest BCUT2D eigenvalue weighted by atomic mass is 10.0. The van der Waals surface area contributed by atoms with Gasteiger partial charge in [0.2, 0.25) is 5.91 Å². The number of anilines is 1. The Bertz CT molecular complexity index is 434. The van der Waals surface area contributed by atoms with Gasteiger partial charge in [-0.1, -0.05) is 12.1 Å². The second-order valence-corrected chi connectivity index (χ2v) is 4.21. The van der Waals surface area contributed by atoms with Crippen molar-refractivity contribution >= 4 is 11.6 Å². The van der Waals surface area contributed by atoms with Gasteiger partial charge < -0.3 is 20.8 Å². The van der Waals surface area contributed by atoms with Gasteiger partial charge in [-0.15, -0.1) is 0 Å². The first kappa shape index (κ1) is 12.0. The Labute approximate surface area is 99.5 Å². The maximum atomic E-state index is 11.2. The molecule has 0 saturated heterocycles. The maximum Gasteiger partial charge on any atom is 0.228 e. The Morgan fingerprint density at radius 1 is 1.47 bits per heavy atom. The molecule has 1 aromatic rings. The van der Waals surface area contributed by atoms with Crippen molar-refractivity contribution in [1.82, 2.24) is 5.32 Å². The van der Waals surface area contributed by atoms with Crippen LogP contribution in [0.5, 0.6) is 0 Å². The van der Waals surface area contributed by atoms with E-state index in [4.69, 9.17) is 0 Å². The third-order valence-electron chi connectivity index (χ3n) is 2.87. The summed E-state index contributed by atoms with van der Waals surface area (Å²) in [6.45, 7) is 0.315. The number of amides is 1. The Kier molecular flexibility index (Phi) is 3.42. The van der Waals surface area contributed by atoms with Crippen LogP contribution in [0.3, 0.4) is 0 Å². The molecule has 1 aromatic carbocycles. The predicted octanol–water partition coefficient (Wildman–Crippen LogP) is -0.205. The zero-order valence-corrected chi connectivity index (χ0v) is 9.60. The molecule has 0 radical (unpaired) electrons. The van der Waals surface area contributed by atoms with Crippen LogP contribution in [0.25, 0.3) is 0 Å². The van der Waals surface area contributed by atoms with Crippen LogP contribution in [0.15, 0.2) is 18.2 Å². The van der Waals surface area contributed by atoms with Crippen LogP contribution in [0.2, 0.25) is 0 Å². The number of fused-ring (bicyclic) bond motifs is 1. The first-order valence-electron chi connectivity index (χ1n) is 5.55. The maximum absolute atomic E-state index is 11.2. The molecule has 0 aromatic heterocycles. The normalized spacial score (nSPS) is 17.5. The average molecular weight is 236 g/mol. The molecule has 0 bridgehead atoms. The number of hydrogen-bond acceptors (Lipinski definition) is 4.